The quantitative estimate of drug-likeness (QED) is 0.642. The smallest absolute Gasteiger partial charge is 0.408 e. The Balaban J connectivity index is 1.53. The van der Waals surface area contributed by atoms with Crippen molar-refractivity contribution in [3.63, 3.8) is 0 Å². The average molecular weight is 491 g/mol. The molecule has 2 aromatic rings. The number of nitriles is 1. The number of amides is 3. The summed E-state index contributed by atoms with van der Waals surface area (Å²) in [5, 5.41) is 15.4. The summed E-state index contributed by atoms with van der Waals surface area (Å²) in [5.41, 5.74) is 0.667. The van der Waals surface area contributed by atoms with Gasteiger partial charge in [-0.25, -0.2) is 4.79 Å². The summed E-state index contributed by atoms with van der Waals surface area (Å²) in [4.78, 5) is 40.7. The normalized spacial score (nSPS) is 21.4. The van der Waals surface area contributed by atoms with Crippen LogP contribution in [0.4, 0.5) is 10.5 Å². The number of hydrogen-bond donors (Lipinski definition) is 2. The van der Waals surface area contributed by atoms with Crippen LogP contribution in [0, 0.1) is 11.3 Å². The first-order valence-corrected chi connectivity index (χ1v) is 11.9. The summed E-state index contributed by atoms with van der Waals surface area (Å²) < 4.78 is 11.1. The van der Waals surface area contributed by atoms with Gasteiger partial charge in [-0.05, 0) is 38.0 Å². The average Bonchev–Trinajstić information content (AvgIpc) is 3.38. The Morgan fingerprint density at radius 1 is 1.19 bits per heavy atom. The number of fused-ring (bicyclic) bond motifs is 2. The highest BCUT2D eigenvalue weighted by Gasteiger charge is 2.56. The minimum Gasteiger partial charge on any atom is -0.445 e. The lowest BCUT2D eigenvalue weighted by Gasteiger charge is -2.29. The molecular weight excluding hydrogens is 460 g/mol. The van der Waals surface area contributed by atoms with Crippen molar-refractivity contribution in [3.8, 4) is 6.07 Å². The number of carbonyl (C=O) groups is 3. The molecule has 188 valence electrons. The zero-order chi connectivity index (χ0) is 25.9. The predicted octanol–water partition coefficient (Wildman–Crippen LogP) is 3.11. The van der Waals surface area contributed by atoms with Crippen LogP contribution in [0.15, 0.2) is 54.6 Å². The number of nitrogens with one attached hydrogen (secondary N) is 2. The molecule has 1 spiro atoms. The van der Waals surface area contributed by atoms with E-state index in [0.29, 0.717) is 5.69 Å². The number of nitrogens with zero attached hydrogens (tertiary/aromatic N) is 2. The number of hydrogen-bond acceptors (Lipinski definition) is 6. The molecule has 9 heteroatoms. The van der Waals surface area contributed by atoms with Crippen LogP contribution in [0.3, 0.4) is 0 Å². The number of likely N-dealkylation sites (tertiary alicyclic amines) is 1. The van der Waals surface area contributed by atoms with Gasteiger partial charge >= 0.3 is 6.09 Å². The van der Waals surface area contributed by atoms with Crippen LogP contribution in [0.25, 0.3) is 0 Å². The van der Waals surface area contributed by atoms with E-state index >= 15 is 0 Å². The van der Waals surface area contributed by atoms with Crippen molar-refractivity contribution < 1.29 is 23.9 Å². The van der Waals surface area contributed by atoms with Crippen LogP contribution in [0.2, 0.25) is 0 Å². The molecule has 1 fully saturated rings. The number of para-hydroxylation sites is 1. The van der Waals surface area contributed by atoms with Crippen molar-refractivity contribution in [3.05, 3.63) is 65.7 Å². The lowest BCUT2D eigenvalue weighted by atomic mass is 9.80. The SMILES string of the molecule is CC(C)(C)OC[C@H](NC(=O)OCc1ccccc1)C(=O)N1C[C@]2(C[C@H]1C#N)C(=O)Nc1ccccc12. The molecule has 2 aromatic carbocycles. The van der Waals surface area contributed by atoms with Crippen LogP contribution >= 0.6 is 0 Å². The molecule has 2 aliphatic heterocycles. The molecular formula is C27H30N4O5. The van der Waals surface area contributed by atoms with Gasteiger partial charge in [-0.2, -0.15) is 5.26 Å². The first kappa shape index (κ1) is 25.2. The van der Waals surface area contributed by atoms with Crippen LogP contribution in [-0.4, -0.2) is 53.6 Å². The maximum absolute atomic E-state index is 13.7. The Morgan fingerprint density at radius 2 is 1.89 bits per heavy atom. The maximum Gasteiger partial charge on any atom is 0.408 e. The minimum atomic E-state index is -1.10. The van der Waals surface area contributed by atoms with Gasteiger partial charge < -0.3 is 25.0 Å². The van der Waals surface area contributed by atoms with Gasteiger partial charge in [0.2, 0.25) is 11.8 Å². The van der Waals surface area contributed by atoms with Gasteiger partial charge in [0.15, 0.2) is 0 Å². The fraction of sp³-hybridized carbons (Fsp3) is 0.407. The molecule has 3 atom stereocenters. The van der Waals surface area contributed by atoms with E-state index in [1.165, 1.54) is 4.90 Å². The second-order valence-electron chi connectivity index (χ2n) is 10.1. The predicted molar refractivity (Wildman–Crippen MR) is 132 cm³/mol. The summed E-state index contributed by atoms with van der Waals surface area (Å²) >= 11 is 0. The summed E-state index contributed by atoms with van der Waals surface area (Å²) in [5.74, 6) is -0.742. The van der Waals surface area contributed by atoms with Crippen molar-refractivity contribution in [2.45, 2.75) is 56.9 Å². The Morgan fingerprint density at radius 3 is 2.58 bits per heavy atom. The highest BCUT2D eigenvalue weighted by atomic mass is 16.5. The van der Waals surface area contributed by atoms with Crippen LogP contribution in [0.5, 0.6) is 0 Å². The third-order valence-electron chi connectivity index (χ3n) is 6.40. The molecule has 0 radical (unpaired) electrons. The molecule has 9 nitrogen and oxygen atoms in total. The standard InChI is InChI=1S/C27H30N4O5/c1-26(2,3)36-16-22(30-25(34)35-15-18-9-5-4-6-10-18)23(32)31-17-27(13-19(31)14-28)20-11-7-8-12-21(20)29-24(27)33/h4-12,19,22H,13,15-17H2,1-3H3,(H,29,33)(H,30,34)/t19-,22-,27-/m0/s1. The molecule has 4 rings (SSSR count). The van der Waals surface area contributed by atoms with Gasteiger partial charge in [-0.3, -0.25) is 9.59 Å². The highest BCUT2D eigenvalue weighted by Crippen LogP contribution is 2.46. The fourth-order valence-electron chi connectivity index (χ4n) is 4.60. The monoisotopic (exact) mass is 490 g/mol. The van der Waals surface area contributed by atoms with E-state index < -0.39 is 35.1 Å². The van der Waals surface area contributed by atoms with Crippen molar-refractivity contribution in [2.24, 2.45) is 0 Å². The molecule has 36 heavy (non-hydrogen) atoms. The number of alkyl carbamates (subject to hydrolysis) is 1. The lowest BCUT2D eigenvalue weighted by Crippen LogP contribution is -2.53. The Hall–Kier alpha value is -3.90. The van der Waals surface area contributed by atoms with E-state index in [1.807, 2.05) is 69.3 Å². The first-order valence-electron chi connectivity index (χ1n) is 11.9. The van der Waals surface area contributed by atoms with E-state index in [1.54, 1.807) is 6.07 Å². The molecule has 3 amide bonds. The summed E-state index contributed by atoms with van der Waals surface area (Å²) in [7, 11) is 0. The molecule has 1 saturated heterocycles. The number of anilines is 1. The third kappa shape index (κ3) is 5.19. The molecule has 0 unspecified atom stereocenters. The number of rotatable bonds is 6. The molecule has 0 saturated carbocycles. The molecule has 0 aliphatic carbocycles. The Bertz CT molecular complexity index is 1190. The van der Waals surface area contributed by atoms with Gasteiger partial charge in [-0.15, -0.1) is 0 Å². The number of carbonyl (C=O) groups excluding carboxylic acids is 3. The molecule has 0 bridgehead atoms. The summed E-state index contributed by atoms with van der Waals surface area (Å²) in [6.45, 7) is 5.46. The third-order valence-corrected chi connectivity index (χ3v) is 6.40. The summed E-state index contributed by atoms with van der Waals surface area (Å²) in [6.07, 6.45) is -0.607. The fourth-order valence-corrected chi connectivity index (χ4v) is 4.60. The van der Waals surface area contributed by atoms with Gasteiger partial charge in [-0.1, -0.05) is 48.5 Å². The molecule has 2 aliphatic rings. The highest BCUT2D eigenvalue weighted by molar-refractivity contribution is 6.07. The molecule has 2 N–H and O–H groups in total. The van der Waals surface area contributed by atoms with Crippen LogP contribution in [0.1, 0.15) is 38.3 Å². The van der Waals surface area contributed by atoms with Gasteiger partial charge in [0, 0.05) is 18.7 Å². The lowest BCUT2D eigenvalue weighted by molar-refractivity contribution is -0.136. The Labute approximate surface area is 210 Å². The maximum atomic E-state index is 13.7. The summed E-state index contributed by atoms with van der Waals surface area (Å²) in [6, 6.07) is 16.7. The van der Waals surface area contributed by atoms with Crippen LogP contribution < -0.4 is 10.6 Å². The van der Waals surface area contributed by atoms with Gasteiger partial charge in [0.25, 0.3) is 0 Å². The molecule has 2 heterocycles. The first-order chi connectivity index (χ1) is 17.1. The van der Waals surface area contributed by atoms with E-state index in [2.05, 4.69) is 16.7 Å². The number of ether oxygens (including phenoxy) is 2. The zero-order valence-corrected chi connectivity index (χ0v) is 20.6. The van der Waals surface area contributed by atoms with Crippen molar-refractivity contribution >= 4 is 23.6 Å². The van der Waals surface area contributed by atoms with Crippen molar-refractivity contribution in [2.75, 3.05) is 18.5 Å². The largest absolute Gasteiger partial charge is 0.445 e. The van der Waals surface area contributed by atoms with Crippen molar-refractivity contribution in [1.82, 2.24) is 10.2 Å². The number of benzene rings is 2. The second-order valence-corrected chi connectivity index (χ2v) is 10.1. The molecule has 0 aromatic heterocycles. The van der Waals surface area contributed by atoms with E-state index in [0.717, 1.165) is 11.1 Å². The zero-order valence-electron chi connectivity index (χ0n) is 20.6. The Kier molecular flexibility index (Phi) is 7.00. The van der Waals surface area contributed by atoms with E-state index in [4.69, 9.17) is 9.47 Å². The van der Waals surface area contributed by atoms with Crippen molar-refractivity contribution in [1.29, 1.82) is 5.26 Å². The van der Waals surface area contributed by atoms with Gasteiger partial charge in [0.05, 0.1) is 23.7 Å². The van der Waals surface area contributed by atoms with Crippen LogP contribution in [-0.2, 0) is 31.1 Å². The van der Waals surface area contributed by atoms with E-state index in [-0.39, 0.29) is 32.1 Å². The van der Waals surface area contributed by atoms with E-state index in [9.17, 15) is 19.6 Å². The minimum absolute atomic E-state index is 0.0274. The van der Waals surface area contributed by atoms with Gasteiger partial charge in [0.1, 0.15) is 18.7 Å². The second kappa shape index (κ2) is 9.99. The topological polar surface area (TPSA) is 121 Å².